The van der Waals surface area contributed by atoms with Gasteiger partial charge in [-0.15, -0.1) is 0 Å². The van der Waals surface area contributed by atoms with Crippen molar-refractivity contribution in [3.63, 3.8) is 0 Å². The Kier molecular flexibility index (Phi) is 2.02. The van der Waals surface area contributed by atoms with Gasteiger partial charge in [0.1, 0.15) is 0 Å². The average Bonchev–Trinajstić information content (AvgIpc) is 2.11. The van der Waals surface area contributed by atoms with Gasteiger partial charge in [0, 0.05) is 6.04 Å². The predicted octanol–water partition coefficient (Wildman–Crippen LogP) is 0.755. The highest BCUT2D eigenvalue weighted by atomic mass is 16.3. The Balaban J connectivity index is 2.55. The van der Waals surface area contributed by atoms with Crippen molar-refractivity contribution in [2.24, 2.45) is 5.92 Å². The molecule has 0 amide bonds. The largest absolute Gasteiger partial charge is 0.389 e. The van der Waals surface area contributed by atoms with Crippen LogP contribution in [0.15, 0.2) is 0 Å². The lowest BCUT2D eigenvalue weighted by Crippen LogP contribution is -2.45. The van der Waals surface area contributed by atoms with E-state index in [1.165, 1.54) is 6.42 Å². The summed E-state index contributed by atoms with van der Waals surface area (Å²) in [6.07, 6.45) is 1.19. The van der Waals surface area contributed by atoms with E-state index in [-0.39, 0.29) is 6.04 Å². The molecule has 1 fully saturated rings. The second-order valence-corrected chi connectivity index (χ2v) is 3.85. The average molecular weight is 143 g/mol. The number of hydrogen-bond donors (Lipinski definition) is 2. The minimum atomic E-state index is -0.560. The van der Waals surface area contributed by atoms with Crippen LogP contribution >= 0.6 is 0 Å². The molecule has 1 rings (SSSR count). The van der Waals surface area contributed by atoms with Crippen LogP contribution in [0, 0.1) is 5.92 Å². The first kappa shape index (κ1) is 8.02. The molecule has 1 aliphatic heterocycles. The van der Waals surface area contributed by atoms with Gasteiger partial charge in [0.2, 0.25) is 0 Å². The van der Waals surface area contributed by atoms with E-state index in [0.717, 1.165) is 6.54 Å². The molecule has 60 valence electrons. The fraction of sp³-hybridized carbons (Fsp3) is 1.00. The van der Waals surface area contributed by atoms with Crippen LogP contribution in [0.1, 0.15) is 27.2 Å². The van der Waals surface area contributed by atoms with E-state index < -0.39 is 5.60 Å². The molecule has 0 aromatic heterocycles. The zero-order valence-corrected chi connectivity index (χ0v) is 7.02. The zero-order valence-electron chi connectivity index (χ0n) is 7.02. The van der Waals surface area contributed by atoms with Crippen molar-refractivity contribution in [1.82, 2.24) is 5.32 Å². The second kappa shape index (κ2) is 2.51. The quantitative estimate of drug-likeness (QED) is 0.568. The lowest BCUT2D eigenvalue weighted by atomic mass is 9.90. The van der Waals surface area contributed by atoms with Crippen LogP contribution in [0.25, 0.3) is 0 Å². The summed E-state index contributed by atoms with van der Waals surface area (Å²) in [6, 6.07) is 0.285. The van der Waals surface area contributed by atoms with Gasteiger partial charge in [-0.25, -0.2) is 0 Å². The fourth-order valence-corrected chi connectivity index (χ4v) is 1.78. The van der Waals surface area contributed by atoms with Crippen LogP contribution in [0.5, 0.6) is 0 Å². The molecule has 0 aliphatic carbocycles. The molecule has 0 bridgehead atoms. The Labute approximate surface area is 62.6 Å². The first-order chi connectivity index (χ1) is 4.52. The van der Waals surface area contributed by atoms with E-state index >= 15 is 0 Å². The molecule has 2 heteroatoms. The summed E-state index contributed by atoms with van der Waals surface area (Å²) in [7, 11) is 0. The normalized spacial score (nSPS) is 34.8. The van der Waals surface area contributed by atoms with Crippen molar-refractivity contribution in [2.45, 2.75) is 38.8 Å². The zero-order chi connectivity index (χ0) is 7.78. The van der Waals surface area contributed by atoms with E-state index in [1.54, 1.807) is 0 Å². The van der Waals surface area contributed by atoms with Crippen molar-refractivity contribution in [1.29, 1.82) is 0 Å². The van der Waals surface area contributed by atoms with Gasteiger partial charge in [-0.05, 0) is 32.7 Å². The first-order valence-electron chi connectivity index (χ1n) is 3.97. The summed E-state index contributed by atoms with van der Waals surface area (Å²) < 4.78 is 0. The molecule has 2 atom stereocenters. The molecule has 1 heterocycles. The van der Waals surface area contributed by atoms with E-state index in [0.29, 0.717) is 5.92 Å². The molecule has 0 aromatic rings. The van der Waals surface area contributed by atoms with Crippen LogP contribution < -0.4 is 5.32 Å². The van der Waals surface area contributed by atoms with Crippen LogP contribution in [0.3, 0.4) is 0 Å². The number of rotatable bonds is 1. The maximum Gasteiger partial charge on any atom is 0.0746 e. The van der Waals surface area contributed by atoms with Gasteiger partial charge in [-0.1, -0.05) is 6.92 Å². The summed E-state index contributed by atoms with van der Waals surface area (Å²) in [5, 5.41) is 12.9. The highest BCUT2D eigenvalue weighted by Gasteiger charge is 2.34. The summed E-state index contributed by atoms with van der Waals surface area (Å²) in [5.41, 5.74) is -0.560. The third kappa shape index (κ3) is 1.50. The Morgan fingerprint density at radius 1 is 1.50 bits per heavy atom. The van der Waals surface area contributed by atoms with Crippen molar-refractivity contribution in [3.05, 3.63) is 0 Å². The van der Waals surface area contributed by atoms with E-state index in [4.69, 9.17) is 0 Å². The third-order valence-corrected chi connectivity index (χ3v) is 2.29. The number of hydrogen-bond acceptors (Lipinski definition) is 2. The lowest BCUT2D eigenvalue weighted by Gasteiger charge is -2.28. The monoisotopic (exact) mass is 143 g/mol. The minimum absolute atomic E-state index is 0.285. The molecule has 10 heavy (non-hydrogen) atoms. The van der Waals surface area contributed by atoms with Crippen molar-refractivity contribution < 1.29 is 5.11 Å². The Morgan fingerprint density at radius 2 is 2.10 bits per heavy atom. The summed E-state index contributed by atoms with van der Waals surface area (Å²) >= 11 is 0. The topological polar surface area (TPSA) is 32.3 Å². The molecule has 0 aromatic carbocycles. The van der Waals surface area contributed by atoms with E-state index in [2.05, 4.69) is 12.2 Å². The molecular weight excluding hydrogens is 126 g/mol. The molecular formula is C8H17NO. The molecule has 2 N–H and O–H groups in total. The first-order valence-corrected chi connectivity index (χ1v) is 3.97. The summed E-state index contributed by atoms with van der Waals surface area (Å²) in [4.78, 5) is 0. The van der Waals surface area contributed by atoms with Crippen molar-refractivity contribution in [2.75, 3.05) is 6.54 Å². The van der Waals surface area contributed by atoms with E-state index in [1.807, 2.05) is 13.8 Å². The Bertz CT molecular complexity index is 117. The molecule has 1 saturated heterocycles. The van der Waals surface area contributed by atoms with Gasteiger partial charge in [0.15, 0.2) is 0 Å². The highest BCUT2D eigenvalue weighted by molar-refractivity contribution is 4.92. The van der Waals surface area contributed by atoms with Crippen molar-refractivity contribution in [3.8, 4) is 0 Å². The molecule has 0 spiro atoms. The minimum Gasteiger partial charge on any atom is -0.389 e. The fourth-order valence-electron chi connectivity index (χ4n) is 1.78. The molecule has 1 aliphatic rings. The molecule has 0 saturated carbocycles. The SMILES string of the molecule is C[C@H]1CCN[C@@H]1C(C)(C)O. The van der Waals surface area contributed by atoms with Gasteiger partial charge in [0.05, 0.1) is 5.60 Å². The van der Waals surface area contributed by atoms with Gasteiger partial charge in [0.25, 0.3) is 0 Å². The van der Waals surface area contributed by atoms with Crippen LogP contribution in [0.4, 0.5) is 0 Å². The molecule has 0 radical (unpaired) electrons. The van der Waals surface area contributed by atoms with Gasteiger partial charge >= 0.3 is 0 Å². The lowest BCUT2D eigenvalue weighted by molar-refractivity contribution is 0.0313. The Morgan fingerprint density at radius 3 is 2.30 bits per heavy atom. The standard InChI is InChI=1S/C8H17NO/c1-6-4-5-9-7(6)8(2,3)10/h6-7,9-10H,4-5H2,1-3H3/t6-,7-/m0/s1. The van der Waals surface area contributed by atoms with Crippen molar-refractivity contribution >= 4 is 0 Å². The third-order valence-electron chi connectivity index (χ3n) is 2.29. The van der Waals surface area contributed by atoms with E-state index in [9.17, 15) is 5.11 Å². The highest BCUT2D eigenvalue weighted by Crippen LogP contribution is 2.23. The maximum atomic E-state index is 9.63. The smallest absolute Gasteiger partial charge is 0.0746 e. The maximum absolute atomic E-state index is 9.63. The van der Waals surface area contributed by atoms with Crippen LogP contribution in [-0.2, 0) is 0 Å². The Hall–Kier alpha value is -0.0800. The van der Waals surface area contributed by atoms with Crippen LogP contribution in [-0.4, -0.2) is 23.3 Å². The van der Waals surface area contributed by atoms with Crippen LogP contribution in [0.2, 0.25) is 0 Å². The van der Waals surface area contributed by atoms with Gasteiger partial charge in [-0.3, -0.25) is 0 Å². The number of aliphatic hydroxyl groups is 1. The summed E-state index contributed by atoms with van der Waals surface area (Å²) in [6.45, 7) is 6.97. The molecule has 0 unspecified atom stereocenters. The molecule has 2 nitrogen and oxygen atoms in total. The summed E-state index contributed by atoms with van der Waals surface area (Å²) in [5.74, 6) is 0.611. The predicted molar refractivity (Wildman–Crippen MR) is 41.9 cm³/mol. The van der Waals surface area contributed by atoms with Gasteiger partial charge in [-0.2, -0.15) is 0 Å². The van der Waals surface area contributed by atoms with Gasteiger partial charge < -0.3 is 10.4 Å². The number of nitrogens with one attached hydrogen (secondary N) is 1. The second-order valence-electron chi connectivity index (χ2n) is 3.85.